The first-order chi connectivity index (χ1) is 9.08. The third kappa shape index (κ3) is 3.07. The summed E-state index contributed by atoms with van der Waals surface area (Å²) in [4.78, 5) is 21.7. The molecular formula is C16H14O3. The van der Waals surface area contributed by atoms with Gasteiger partial charge in [0.2, 0.25) is 0 Å². The highest BCUT2D eigenvalue weighted by atomic mass is 16.6. The summed E-state index contributed by atoms with van der Waals surface area (Å²) in [6.45, 7) is 4.19. The summed E-state index contributed by atoms with van der Waals surface area (Å²) in [5.74, 6) is -1.10. The van der Waals surface area contributed by atoms with Gasteiger partial charge in [-0.15, -0.1) is 0 Å². The molecule has 19 heavy (non-hydrogen) atoms. The van der Waals surface area contributed by atoms with Crippen molar-refractivity contribution in [3.8, 4) is 0 Å². The van der Waals surface area contributed by atoms with Gasteiger partial charge in [-0.25, -0.2) is 9.59 Å². The van der Waals surface area contributed by atoms with Crippen molar-refractivity contribution in [3.63, 3.8) is 0 Å². The molecule has 0 bridgehead atoms. The number of cyclic esters (lactones) is 2. The number of carbonyl (C=O) groups excluding carboxylic acids is 2. The van der Waals surface area contributed by atoms with Crippen LogP contribution in [0.4, 0.5) is 0 Å². The van der Waals surface area contributed by atoms with Crippen LogP contribution < -0.4 is 0 Å². The van der Waals surface area contributed by atoms with Gasteiger partial charge >= 0.3 is 11.9 Å². The highest BCUT2D eigenvalue weighted by Gasteiger charge is 2.28. The Morgan fingerprint density at radius 2 is 1.05 bits per heavy atom. The topological polar surface area (TPSA) is 43.4 Å². The fourth-order valence-electron chi connectivity index (χ4n) is 1.67. The van der Waals surface area contributed by atoms with Gasteiger partial charge in [0.15, 0.2) is 0 Å². The van der Waals surface area contributed by atoms with Gasteiger partial charge in [-0.2, -0.15) is 0 Å². The molecule has 2 aromatic carbocycles. The predicted molar refractivity (Wildman–Crippen MR) is 72.1 cm³/mol. The van der Waals surface area contributed by atoms with Crippen LogP contribution in [0, 0.1) is 13.8 Å². The molecule has 0 unspecified atom stereocenters. The minimum Gasteiger partial charge on any atom is -0.386 e. The van der Waals surface area contributed by atoms with Crippen molar-refractivity contribution < 1.29 is 14.3 Å². The van der Waals surface area contributed by atoms with E-state index >= 15 is 0 Å². The van der Waals surface area contributed by atoms with Crippen LogP contribution in [-0.2, 0) is 4.74 Å². The number of fused-ring (bicyclic) bond motifs is 1. The molecule has 96 valence electrons. The zero-order valence-corrected chi connectivity index (χ0v) is 10.8. The third-order valence-electron chi connectivity index (χ3n) is 2.77. The third-order valence-corrected chi connectivity index (χ3v) is 2.77. The standard InChI is InChI=1S/C8H4O3.C8H10/c9-7-5-3-1-2-4-6(5)8(10)11-7;1-7-3-5-8(2)6-4-7/h1-4H;3-6H,1-2H3. The summed E-state index contributed by atoms with van der Waals surface area (Å²) < 4.78 is 4.35. The van der Waals surface area contributed by atoms with Crippen LogP contribution in [-0.4, -0.2) is 11.9 Å². The molecule has 0 amide bonds. The number of ether oxygens (including phenoxy) is 1. The summed E-state index contributed by atoms with van der Waals surface area (Å²) in [6.07, 6.45) is 0. The van der Waals surface area contributed by atoms with Crippen molar-refractivity contribution in [2.24, 2.45) is 0 Å². The Morgan fingerprint density at radius 3 is 1.42 bits per heavy atom. The van der Waals surface area contributed by atoms with E-state index in [0.29, 0.717) is 11.1 Å². The van der Waals surface area contributed by atoms with Crippen LogP contribution in [0.2, 0.25) is 0 Å². The van der Waals surface area contributed by atoms with Crippen molar-refractivity contribution in [1.82, 2.24) is 0 Å². The number of benzene rings is 2. The van der Waals surface area contributed by atoms with Crippen molar-refractivity contribution in [1.29, 1.82) is 0 Å². The molecule has 3 rings (SSSR count). The fourth-order valence-corrected chi connectivity index (χ4v) is 1.67. The Hall–Kier alpha value is -2.42. The first-order valence-corrected chi connectivity index (χ1v) is 5.97. The van der Waals surface area contributed by atoms with Gasteiger partial charge in [0.1, 0.15) is 0 Å². The molecule has 0 saturated carbocycles. The van der Waals surface area contributed by atoms with Crippen LogP contribution in [0.3, 0.4) is 0 Å². The first-order valence-electron chi connectivity index (χ1n) is 5.97. The number of aryl methyl sites for hydroxylation is 2. The average Bonchev–Trinajstić information content (AvgIpc) is 2.70. The zero-order valence-electron chi connectivity index (χ0n) is 10.8. The molecule has 2 aromatic rings. The second-order valence-electron chi connectivity index (χ2n) is 4.38. The second-order valence-corrected chi connectivity index (χ2v) is 4.38. The predicted octanol–water partition coefficient (Wildman–Crippen LogP) is 3.30. The molecule has 0 radical (unpaired) electrons. The van der Waals surface area contributed by atoms with Gasteiger partial charge in [0.05, 0.1) is 11.1 Å². The SMILES string of the molecule is Cc1ccc(C)cc1.O=C1OC(=O)c2ccccc21. The molecule has 0 aliphatic carbocycles. The number of rotatable bonds is 0. The number of hydrogen-bond acceptors (Lipinski definition) is 3. The van der Waals surface area contributed by atoms with E-state index in [4.69, 9.17) is 0 Å². The molecular weight excluding hydrogens is 240 g/mol. The molecule has 0 fully saturated rings. The Kier molecular flexibility index (Phi) is 3.76. The maximum absolute atomic E-state index is 10.8. The van der Waals surface area contributed by atoms with E-state index in [0.717, 1.165) is 0 Å². The fraction of sp³-hybridized carbons (Fsp3) is 0.125. The smallest absolute Gasteiger partial charge is 0.346 e. The lowest BCUT2D eigenvalue weighted by atomic mass is 10.1. The maximum Gasteiger partial charge on any atom is 0.346 e. The molecule has 1 heterocycles. The van der Waals surface area contributed by atoms with Crippen molar-refractivity contribution in [2.75, 3.05) is 0 Å². The van der Waals surface area contributed by atoms with Crippen molar-refractivity contribution in [2.45, 2.75) is 13.8 Å². The quantitative estimate of drug-likeness (QED) is 0.535. The summed E-state index contributed by atoms with van der Waals surface area (Å²) in [5.41, 5.74) is 3.38. The Bertz CT molecular complexity index is 558. The lowest BCUT2D eigenvalue weighted by Crippen LogP contribution is -1.96. The number of hydrogen-bond donors (Lipinski definition) is 0. The number of carbonyl (C=O) groups is 2. The van der Waals surface area contributed by atoms with Crippen molar-refractivity contribution in [3.05, 3.63) is 70.8 Å². The van der Waals surface area contributed by atoms with Crippen LogP contribution in [0.15, 0.2) is 48.5 Å². The lowest BCUT2D eigenvalue weighted by Gasteiger charge is -1.90. The number of esters is 2. The van der Waals surface area contributed by atoms with Gasteiger partial charge in [-0.1, -0.05) is 47.5 Å². The van der Waals surface area contributed by atoms with E-state index in [1.807, 2.05) is 0 Å². The molecule has 1 aliphatic rings. The van der Waals surface area contributed by atoms with E-state index in [1.54, 1.807) is 24.3 Å². The molecule has 1 aliphatic heterocycles. The minimum absolute atomic E-state index is 0.359. The highest BCUT2D eigenvalue weighted by Crippen LogP contribution is 2.18. The van der Waals surface area contributed by atoms with Crippen molar-refractivity contribution >= 4 is 11.9 Å². The molecule has 0 saturated heterocycles. The maximum atomic E-state index is 10.8. The van der Waals surface area contributed by atoms with E-state index in [-0.39, 0.29) is 0 Å². The largest absolute Gasteiger partial charge is 0.386 e. The van der Waals surface area contributed by atoms with Gasteiger partial charge in [0, 0.05) is 0 Å². The van der Waals surface area contributed by atoms with Gasteiger partial charge < -0.3 is 4.74 Å². The summed E-state index contributed by atoms with van der Waals surface area (Å²) in [5, 5.41) is 0. The van der Waals surface area contributed by atoms with E-state index in [9.17, 15) is 9.59 Å². The van der Waals surface area contributed by atoms with Gasteiger partial charge in [-0.3, -0.25) is 0 Å². The summed E-state index contributed by atoms with van der Waals surface area (Å²) in [7, 11) is 0. The molecule has 0 spiro atoms. The van der Waals surface area contributed by atoms with E-state index in [1.165, 1.54) is 11.1 Å². The normalized spacial score (nSPS) is 12.3. The van der Waals surface area contributed by atoms with E-state index in [2.05, 4.69) is 42.8 Å². The average molecular weight is 254 g/mol. The molecule has 0 aromatic heterocycles. The molecule has 0 N–H and O–H groups in total. The minimum atomic E-state index is -0.550. The molecule has 3 heteroatoms. The van der Waals surface area contributed by atoms with Crippen LogP contribution in [0.1, 0.15) is 31.8 Å². The molecule has 0 atom stereocenters. The Labute approximate surface area is 111 Å². The van der Waals surface area contributed by atoms with Gasteiger partial charge in [0.25, 0.3) is 0 Å². The Balaban J connectivity index is 0.000000148. The first kappa shape index (κ1) is 13.0. The Morgan fingerprint density at radius 1 is 0.684 bits per heavy atom. The second kappa shape index (κ2) is 5.48. The van der Waals surface area contributed by atoms with Crippen LogP contribution in [0.25, 0.3) is 0 Å². The van der Waals surface area contributed by atoms with Gasteiger partial charge in [-0.05, 0) is 26.0 Å². The lowest BCUT2D eigenvalue weighted by molar-refractivity contribution is 0.0444. The highest BCUT2D eigenvalue weighted by molar-refractivity contribution is 6.14. The van der Waals surface area contributed by atoms with Crippen LogP contribution in [0.5, 0.6) is 0 Å². The summed E-state index contributed by atoms with van der Waals surface area (Å²) in [6, 6.07) is 15.0. The van der Waals surface area contributed by atoms with Crippen LogP contribution >= 0.6 is 0 Å². The monoisotopic (exact) mass is 254 g/mol. The zero-order chi connectivity index (χ0) is 13.8. The van der Waals surface area contributed by atoms with E-state index < -0.39 is 11.9 Å². The summed E-state index contributed by atoms with van der Waals surface area (Å²) >= 11 is 0. The molecule has 3 nitrogen and oxygen atoms in total.